The van der Waals surface area contributed by atoms with Crippen molar-refractivity contribution >= 4 is 23.7 Å². The summed E-state index contributed by atoms with van der Waals surface area (Å²) in [6.45, 7) is 10.0. The van der Waals surface area contributed by atoms with Gasteiger partial charge in [-0.15, -0.1) is 0 Å². The van der Waals surface area contributed by atoms with Crippen molar-refractivity contribution in [1.82, 2.24) is 0 Å². The first-order valence-corrected chi connectivity index (χ1v) is 12.3. The van der Waals surface area contributed by atoms with Gasteiger partial charge in [0.2, 0.25) is 13.6 Å². The third kappa shape index (κ3) is 10.3. The third-order valence-electron chi connectivity index (χ3n) is 4.95. The molecule has 0 atom stereocenters. The predicted octanol–water partition coefficient (Wildman–Crippen LogP) is 5.49. The zero-order valence-corrected chi connectivity index (χ0v) is 22.3. The fraction of sp³-hybridized carbons (Fsp3) is 0.161. The summed E-state index contributed by atoms with van der Waals surface area (Å²) in [6.07, 6.45) is 2.21. The van der Waals surface area contributed by atoms with Gasteiger partial charge >= 0.3 is 17.9 Å². The normalized spacial score (nSPS) is 9.65. The number of hydrogen-bond acceptors (Lipinski definition) is 9. The molecule has 0 spiro atoms. The average Bonchev–Trinajstić information content (AvgIpc) is 2.99. The van der Waals surface area contributed by atoms with E-state index in [0.29, 0.717) is 28.4 Å². The topological polar surface area (TPSA) is 114 Å². The van der Waals surface area contributed by atoms with Crippen LogP contribution in [0.4, 0.5) is 0 Å². The molecule has 0 aliphatic heterocycles. The standard InChI is InChI=1S/C29H24O9.C2H6/c1-3-27(31)36-18-34-23-13-7-21(8-14-23)26(30)17-20-5-11-25(12-6-20)38-29(33)22-9-15-24(16-10-22)35-19-37-28(32)4-2;1-2/h3-16H,1-2,17-19H2;1-2H3. The number of esters is 3. The van der Waals surface area contributed by atoms with Gasteiger partial charge in [-0.2, -0.15) is 0 Å². The lowest BCUT2D eigenvalue weighted by Gasteiger charge is -2.08. The van der Waals surface area contributed by atoms with Crippen LogP contribution in [0.3, 0.4) is 0 Å². The highest BCUT2D eigenvalue weighted by atomic mass is 16.7. The zero-order valence-electron chi connectivity index (χ0n) is 22.3. The Bertz CT molecular complexity index is 1190. The first-order valence-electron chi connectivity index (χ1n) is 12.3. The van der Waals surface area contributed by atoms with Crippen molar-refractivity contribution in [3.05, 3.63) is 115 Å². The van der Waals surface area contributed by atoms with Gasteiger partial charge in [0.05, 0.1) is 5.56 Å². The molecule has 0 bridgehead atoms. The minimum absolute atomic E-state index is 0.110. The molecule has 0 fully saturated rings. The van der Waals surface area contributed by atoms with Crippen LogP contribution in [-0.2, 0) is 25.5 Å². The lowest BCUT2D eigenvalue weighted by atomic mass is 10.0. The molecule has 0 aromatic heterocycles. The summed E-state index contributed by atoms with van der Waals surface area (Å²) in [5, 5.41) is 0. The number of rotatable bonds is 13. The van der Waals surface area contributed by atoms with Gasteiger partial charge in [-0.05, 0) is 66.2 Å². The van der Waals surface area contributed by atoms with Crippen molar-refractivity contribution in [3.63, 3.8) is 0 Å². The van der Waals surface area contributed by atoms with E-state index in [0.717, 1.165) is 17.7 Å². The van der Waals surface area contributed by atoms with Crippen LogP contribution in [0, 0.1) is 0 Å². The molecule has 40 heavy (non-hydrogen) atoms. The van der Waals surface area contributed by atoms with Crippen LogP contribution in [0.1, 0.15) is 40.1 Å². The quantitative estimate of drug-likeness (QED) is 0.0902. The van der Waals surface area contributed by atoms with Crippen LogP contribution in [0.25, 0.3) is 0 Å². The van der Waals surface area contributed by atoms with Gasteiger partial charge in [0.15, 0.2) is 5.78 Å². The summed E-state index contributed by atoms with van der Waals surface area (Å²) in [5.41, 5.74) is 1.53. The highest BCUT2D eigenvalue weighted by Crippen LogP contribution is 2.19. The molecule has 0 radical (unpaired) electrons. The summed E-state index contributed by atoms with van der Waals surface area (Å²) < 4.78 is 25.4. The first kappa shape index (κ1) is 31.0. The smallest absolute Gasteiger partial charge is 0.343 e. The summed E-state index contributed by atoms with van der Waals surface area (Å²) in [7, 11) is 0. The number of ketones is 1. The summed E-state index contributed by atoms with van der Waals surface area (Å²) in [6, 6.07) is 19.2. The Balaban J connectivity index is 0.00000274. The van der Waals surface area contributed by atoms with Gasteiger partial charge in [0, 0.05) is 24.1 Å². The third-order valence-corrected chi connectivity index (χ3v) is 4.95. The van der Waals surface area contributed by atoms with E-state index in [1.807, 2.05) is 13.8 Å². The van der Waals surface area contributed by atoms with Crippen LogP contribution in [0.15, 0.2) is 98.1 Å². The van der Waals surface area contributed by atoms with Crippen LogP contribution in [0.2, 0.25) is 0 Å². The highest BCUT2D eigenvalue weighted by molar-refractivity contribution is 5.97. The molecule has 3 aromatic carbocycles. The van der Waals surface area contributed by atoms with Crippen molar-refractivity contribution < 1.29 is 42.9 Å². The second kappa shape index (κ2) is 16.6. The number of Topliss-reactive ketones (excluding diaryl/α,β-unsaturated/α-hetero) is 1. The van der Waals surface area contributed by atoms with E-state index in [-0.39, 0.29) is 25.8 Å². The van der Waals surface area contributed by atoms with Gasteiger partial charge in [-0.25, -0.2) is 14.4 Å². The first-order chi connectivity index (χ1) is 19.4. The van der Waals surface area contributed by atoms with Crippen LogP contribution < -0.4 is 14.2 Å². The van der Waals surface area contributed by atoms with Gasteiger partial charge in [-0.3, -0.25) is 4.79 Å². The Labute approximate surface area is 232 Å². The molecule has 0 N–H and O–H groups in total. The molecule has 9 heteroatoms. The predicted molar refractivity (Wildman–Crippen MR) is 147 cm³/mol. The second-order valence-corrected chi connectivity index (χ2v) is 7.54. The van der Waals surface area contributed by atoms with E-state index >= 15 is 0 Å². The van der Waals surface area contributed by atoms with E-state index < -0.39 is 17.9 Å². The Morgan fingerprint density at radius 3 is 1.50 bits per heavy atom. The molecule has 0 aliphatic rings. The fourth-order valence-electron chi connectivity index (χ4n) is 2.98. The van der Waals surface area contributed by atoms with Crippen LogP contribution in [0.5, 0.6) is 17.2 Å². The molecule has 3 rings (SSSR count). The number of carbonyl (C=O) groups excluding carboxylic acids is 4. The molecule has 0 heterocycles. The summed E-state index contributed by atoms with van der Waals surface area (Å²) >= 11 is 0. The van der Waals surface area contributed by atoms with Crippen molar-refractivity contribution in [2.45, 2.75) is 20.3 Å². The number of hydrogen-bond donors (Lipinski definition) is 0. The summed E-state index contributed by atoms with van der Waals surface area (Å²) in [4.78, 5) is 47.1. The maximum absolute atomic E-state index is 12.6. The minimum Gasteiger partial charge on any atom is -0.457 e. The van der Waals surface area contributed by atoms with Crippen molar-refractivity contribution in [3.8, 4) is 17.2 Å². The lowest BCUT2D eigenvalue weighted by Crippen LogP contribution is -2.10. The molecule has 3 aromatic rings. The molecular weight excluding hydrogens is 516 g/mol. The summed E-state index contributed by atoms with van der Waals surface area (Å²) in [5.74, 6) is -0.706. The maximum atomic E-state index is 12.6. The van der Waals surface area contributed by atoms with E-state index in [1.54, 1.807) is 60.7 Å². The van der Waals surface area contributed by atoms with Crippen molar-refractivity contribution in [1.29, 1.82) is 0 Å². The van der Waals surface area contributed by atoms with Gasteiger partial charge < -0.3 is 23.7 Å². The molecule has 0 saturated heterocycles. The van der Waals surface area contributed by atoms with E-state index in [1.165, 1.54) is 12.1 Å². The average molecular weight is 547 g/mol. The van der Waals surface area contributed by atoms with Crippen molar-refractivity contribution in [2.75, 3.05) is 13.6 Å². The number of ether oxygens (including phenoxy) is 5. The molecule has 0 unspecified atom stereocenters. The zero-order chi connectivity index (χ0) is 29.3. The Morgan fingerprint density at radius 2 is 1.05 bits per heavy atom. The lowest BCUT2D eigenvalue weighted by molar-refractivity contribution is -0.145. The molecule has 208 valence electrons. The van der Waals surface area contributed by atoms with Gasteiger partial charge in [-0.1, -0.05) is 39.1 Å². The van der Waals surface area contributed by atoms with Crippen molar-refractivity contribution in [2.24, 2.45) is 0 Å². The molecular formula is C31H30O9. The van der Waals surface area contributed by atoms with Gasteiger partial charge in [0.1, 0.15) is 17.2 Å². The van der Waals surface area contributed by atoms with Crippen LogP contribution >= 0.6 is 0 Å². The minimum atomic E-state index is -0.605. The molecule has 0 amide bonds. The Kier molecular flexibility index (Phi) is 12.9. The highest BCUT2D eigenvalue weighted by Gasteiger charge is 2.11. The molecule has 0 aliphatic carbocycles. The van der Waals surface area contributed by atoms with Gasteiger partial charge in [0.25, 0.3) is 0 Å². The SMILES string of the molecule is C=CC(=O)OCOc1ccc(C(=O)Cc2ccc(OC(=O)c3ccc(OCOC(=O)C=C)cc3)cc2)cc1.CC. The van der Waals surface area contributed by atoms with E-state index in [2.05, 4.69) is 13.2 Å². The molecule has 9 nitrogen and oxygen atoms in total. The second-order valence-electron chi connectivity index (χ2n) is 7.54. The number of benzene rings is 3. The fourth-order valence-corrected chi connectivity index (χ4v) is 2.98. The molecule has 0 saturated carbocycles. The Morgan fingerprint density at radius 1 is 0.625 bits per heavy atom. The largest absolute Gasteiger partial charge is 0.457 e. The van der Waals surface area contributed by atoms with Crippen LogP contribution in [-0.4, -0.2) is 37.3 Å². The van der Waals surface area contributed by atoms with E-state index in [9.17, 15) is 19.2 Å². The maximum Gasteiger partial charge on any atom is 0.343 e. The Hall–Kier alpha value is -5.18. The monoisotopic (exact) mass is 546 g/mol. The van der Waals surface area contributed by atoms with E-state index in [4.69, 9.17) is 23.7 Å². The number of carbonyl (C=O) groups is 4.